The van der Waals surface area contributed by atoms with Crippen molar-refractivity contribution in [1.29, 1.82) is 0 Å². The van der Waals surface area contributed by atoms with Crippen LogP contribution in [0.4, 0.5) is 0 Å². The molecular formula is C38H48O2P2. The van der Waals surface area contributed by atoms with E-state index in [1.165, 1.54) is 59.2 Å². The summed E-state index contributed by atoms with van der Waals surface area (Å²) >= 11 is 0. The molecule has 0 amide bonds. The van der Waals surface area contributed by atoms with Crippen LogP contribution >= 0.6 is 15.8 Å². The van der Waals surface area contributed by atoms with Crippen molar-refractivity contribution in [3.63, 3.8) is 0 Å². The molecule has 0 fully saturated rings. The Morgan fingerprint density at radius 1 is 0.310 bits per heavy atom. The van der Waals surface area contributed by atoms with Crippen molar-refractivity contribution in [1.82, 2.24) is 0 Å². The highest BCUT2D eigenvalue weighted by molar-refractivity contribution is 7.73. The maximum Gasteiger partial charge on any atom is 0.0466 e. The monoisotopic (exact) mass is 598 g/mol. The van der Waals surface area contributed by atoms with Crippen molar-refractivity contribution in [3.8, 4) is 0 Å². The number of unbranched alkanes of at least 4 members (excludes halogenated alkanes) is 5. The molecule has 0 aliphatic rings. The molecule has 222 valence electrons. The van der Waals surface area contributed by atoms with Gasteiger partial charge in [-0.3, -0.25) is 0 Å². The van der Waals surface area contributed by atoms with Crippen LogP contribution in [0, 0.1) is 0 Å². The first-order chi connectivity index (χ1) is 20.9. The highest BCUT2D eigenvalue weighted by Crippen LogP contribution is 2.35. The van der Waals surface area contributed by atoms with Gasteiger partial charge < -0.3 is 9.47 Å². The summed E-state index contributed by atoms with van der Waals surface area (Å²) in [6.45, 7) is 3.54. The average molecular weight is 599 g/mol. The van der Waals surface area contributed by atoms with Crippen LogP contribution in [0.25, 0.3) is 0 Å². The quantitative estimate of drug-likeness (QED) is 0.0708. The van der Waals surface area contributed by atoms with Crippen LogP contribution in [0.2, 0.25) is 0 Å². The molecule has 0 bridgehead atoms. The van der Waals surface area contributed by atoms with Crippen LogP contribution in [0.3, 0.4) is 0 Å². The van der Waals surface area contributed by atoms with Gasteiger partial charge in [0.1, 0.15) is 0 Å². The standard InChI is InChI=1S/C38H48O2P2/c1(15-29-39-31-17-19-33-41(35-21-7-3-8-22-35)36-23-9-4-10-24-36)2-16-30-40-32-18-20-34-42(37-25-11-5-12-26-37)38-27-13-6-14-28-38/h3-14,21-28H,1-2,15-20,29-34H2. The molecule has 2 nitrogen and oxygen atoms in total. The summed E-state index contributed by atoms with van der Waals surface area (Å²) in [5.41, 5.74) is 0. The van der Waals surface area contributed by atoms with E-state index in [1.807, 2.05) is 0 Å². The molecule has 0 aliphatic carbocycles. The normalized spacial score (nSPS) is 11.4. The van der Waals surface area contributed by atoms with Gasteiger partial charge in [-0.05, 0) is 87.9 Å². The lowest BCUT2D eigenvalue weighted by Gasteiger charge is -2.18. The maximum atomic E-state index is 5.96. The second-order valence-electron chi connectivity index (χ2n) is 10.7. The van der Waals surface area contributed by atoms with Crippen LogP contribution < -0.4 is 21.2 Å². The molecule has 42 heavy (non-hydrogen) atoms. The van der Waals surface area contributed by atoms with Crippen LogP contribution in [0.5, 0.6) is 0 Å². The summed E-state index contributed by atoms with van der Waals surface area (Å²) in [5.74, 6) is 0. The van der Waals surface area contributed by atoms with Gasteiger partial charge in [0.05, 0.1) is 0 Å². The van der Waals surface area contributed by atoms with Crippen LogP contribution in [0.15, 0.2) is 121 Å². The van der Waals surface area contributed by atoms with E-state index < -0.39 is 0 Å². The van der Waals surface area contributed by atoms with E-state index in [0.29, 0.717) is 0 Å². The van der Waals surface area contributed by atoms with E-state index in [-0.39, 0.29) is 15.8 Å². The number of benzene rings is 4. The molecule has 0 saturated carbocycles. The largest absolute Gasteiger partial charge is 0.381 e. The van der Waals surface area contributed by atoms with Crippen LogP contribution in [-0.4, -0.2) is 38.8 Å². The molecule has 4 aromatic carbocycles. The van der Waals surface area contributed by atoms with Gasteiger partial charge >= 0.3 is 0 Å². The van der Waals surface area contributed by atoms with E-state index in [1.54, 1.807) is 0 Å². The van der Waals surface area contributed by atoms with Crippen molar-refractivity contribution in [2.45, 2.75) is 51.4 Å². The fourth-order valence-electron chi connectivity index (χ4n) is 5.16. The van der Waals surface area contributed by atoms with Crippen molar-refractivity contribution in [3.05, 3.63) is 121 Å². The maximum absolute atomic E-state index is 5.96. The highest BCUT2D eigenvalue weighted by Gasteiger charge is 2.13. The van der Waals surface area contributed by atoms with Crippen molar-refractivity contribution >= 4 is 37.1 Å². The fourth-order valence-corrected chi connectivity index (χ4v) is 10.00. The average Bonchev–Trinajstić information content (AvgIpc) is 3.06. The van der Waals surface area contributed by atoms with Gasteiger partial charge in [0.15, 0.2) is 0 Å². The van der Waals surface area contributed by atoms with Crippen molar-refractivity contribution in [2.24, 2.45) is 0 Å². The Balaban J connectivity index is 0.975. The van der Waals surface area contributed by atoms with Gasteiger partial charge in [-0.25, -0.2) is 0 Å². The third-order valence-corrected chi connectivity index (χ3v) is 12.7. The summed E-state index contributed by atoms with van der Waals surface area (Å²) in [5, 5.41) is 5.90. The second-order valence-corrected chi connectivity index (χ2v) is 15.4. The molecule has 4 heteroatoms. The van der Waals surface area contributed by atoms with E-state index in [0.717, 1.165) is 52.1 Å². The zero-order valence-electron chi connectivity index (χ0n) is 25.2. The zero-order valence-corrected chi connectivity index (χ0v) is 26.9. The minimum atomic E-state index is -0.282. The van der Waals surface area contributed by atoms with Crippen molar-refractivity contribution in [2.75, 3.05) is 38.8 Å². The summed E-state index contributed by atoms with van der Waals surface area (Å²) in [7, 11) is -0.564. The lowest BCUT2D eigenvalue weighted by Crippen LogP contribution is -2.14. The Kier molecular flexibility index (Phi) is 15.9. The number of hydrogen-bond donors (Lipinski definition) is 0. The third kappa shape index (κ3) is 12.1. The molecule has 0 radical (unpaired) electrons. The summed E-state index contributed by atoms with van der Waals surface area (Å²) in [4.78, 5) is 0. The summed E-state index contributed by atoms with van der Waals surface area (Å²) in [6.07, 6.45) is 12.0. The molecule has 0 aliphatic heterocycles. The Labute approximate surface area is 257 Å². The molecule has 0 spiro atoms. The first-order valence-electron chi connectivity index (χ1n) is 15.8. The first-order valence-corrected chi connectivity index (χ1v) is 18.9. The SMILES string of the molecule is c1ccc(P(CCCCOCCCCCCOCCCCP(c2ccccc2)c2ccccc2)c2ccccc2)cc1. The minimum absolute atomic E-state index is 0.282. The molecule has 0 N–H and O–H groups in total. The molecule has 0 unspecified atom stereocenters. The van der Waals surface area contributed by atoms with Gasteiger partial charge in [-0.2, -0.15) is 0 Å². The second kappa shape index (κ2) is 20.5. The van der Waals surface area contributed by atoms with E-state index in [9.17, 15) is 0 Å². The molecule has 0 aromatic heterocycles. The van der Waals surface area contributed by atoms with Crippen molar-refractivity contribution < 1.29 is 9.47 Å². The van der Waals surface area contributed by atoms with Gasteiger partial charge in [-0.1, -0.05) is 134 Å². The minimum Gasteiger partial charge on any atom is -0.381 e. The molecule has 0 saturated heterocycles. The van der Waals surface area contributed by atoms with Gasteiger partial charge in [0.2, 0.25) is 0 Å². The predicted octanol–water partition coefficient (Wildman–Crippen LogP) is 8.41. The topological polar surface area (TPSA) is 18.5 Å². The Bertz CT molecular complexity index is 1010. The summed E-state index contributed by atoms with van der Waals surface area (Å²) in [6, 6.07) is 44.1. The van der Waals surface area contributed by atoms with Gasteiger partial charge in [-0.15, -0.1) is 0 Å². The van der Waals surface area contributed by atoms with Crippen LogP contribution in [-0.2, 0) is 9.47 Å². The molecule has 4 aromatic rings. The van der Waals surface area contributed by atoms with E-state index >= 15 is 0 Å². The third-order valence-electron chi connectivity index (χ3n) is 7.44. The highest BCUT2D eigenvalue weighted by atomic mass is 31.1. The van der Waals surface area contributed by atoms with E-state index in [2.05, 4.69) is 121 Å². The van der Waals surface area contributed by atoms with Gasteiger partial charge in [0, 0.05) is 26.4 Å². The number of hydrogen-bond acceptors (Lipinski definition) is 2. The molecule has 0 atom stereocenters. The first kappa shape index (κ1) is 32.6. The fraction of sp³-hybridized carbons (Fsp3) is 0.368. The smallest absolute Gasteiger partial charge is 0.0466 e. The summed E-state index contributed by atoms with van der Waals surface area (Å²) < 4.78 is 11.9. The Morgan fingerprint density at radius 2 is 0.571 bits per heavy atom. The van der Waals surface area contributed by atoms with Crippen LogP contribution in [0.1, 0.15) is 51.4 Å². The predicted molar refractivity (Wildman–Crippen MR) is 186 cm³/mol. The Hall–Kier alpha value is -2.34. The molecular weight excluding hydrogens is 550 g/mol. The molecule has 4 rings (SSSR count). The Morgan fingerprint density at radius 3 is 0.857 bits per heavy atom. The number of rotatable bonds is 21. The number of ether oxygens (including phenoxy) is 2. The lowest BCUT2D eigenvalue weighted by atomic mass is 10.2. The lowest BCUT2D eigenvalue weighted by molar-refractivity contribution is 0.118. The van der Waals surface area contributed by atoms with E-state index in [4.69, 9.17) is 9.47 Å². The van der Waals surface area contributed by atoms with Gasteiger partial charge in [0.25, 0.3) is 0 Å². The molecule has 0 heterocycles. The zero-order chi connectivity index (χ0) is 28.9.